The summed E-state index contributed by atoms with van der Waals surface area (Å²) in [5, 5.41) is 12.1. The van der Waals surface area contributed by atoms with E-state index in [1.54, 1.807) is 0 Å². The molecule has 2 unspecified atom stereocenters. The van der Waals surface area contributed by atoms with Gasteiger partial charge in [0.2, 0.25) is 10.0 Å². The van der Waals surface area contributed by atoms with Gasteiger partial charge in [0.15, 0.2) is 0 Å². The number of hydrogen-bond donors (Lipinski definition) is 1. The molecule has 1 aliphatic rings. The molecule has 1 aromatic carbocycles. The predicted molar refractivity (Wildman–Crippen MR) is 84.2 cm³/mol. The van der Waals surface area contributed by atoms with Crippen LogP contribution in [0.5, 0.6) is 0 Å². The fraction of sp³-hybridized carbons (Fsp3) is 0.462. The second kappa shape index (κ2) is 6.95. The van der Waals surface area contributed by atoms with Crippen LogP contribution in [-0.2, 0) is 10.0 Å². The van der Waals surface area contributed by atoms with E-state index in [0.717, 1.165) is 0 Å². The number of piperazine rings is 1. The topological polar surface area (TPSA) is 73.2 Å². The second-order valence-corrected chi connectivity index (χ2v) is 7.26. The van der Waals surface area contributed by atoms with Crippen molar-refractivity contribution in [2.45, 2.75) is 30.8 Å². The number of sulfonamides is 1. The minimum Gasteiger partial charge on any atom is -0.311 e. The van der Waals surface area contributed by atoms with Gasteiger partial charge >= 0.3 is 0 Å². The van der Waals surface area contributed by atoms with Crippen LogP contribution in [-0.4, -0.2) is 37.9 Å². The molecule has 2 rings (SSSR count). The van der Waals surface area contributed by atoms with E-state index in [2.05, 4.69) is 5.32 Å². The standard InChI is InChI=1S/C13H16ClN3O2S.ClH/c1-9-8-17(10(2)7-16-9)20(18,19)13-4-3-11(6-15)5-12(13)14;/h3-5,9-10,16H,7-8H2,1-2H3;1H. The first-order valence-electron chi connectivity index (χ1n) is 6.31. The van der Waals surface area contributed by atoms with Crippen LogP contribution in [0.15, 0.2) is 23.1 Å². The molecular formula is C13H17Cl2N3O2S. The average molecular weight is 350 g/mol. The minimum atomic E-state index is -3.65. The van der Waals surface area contributed by atoms with Crippen LogP contribution in [0.1, 0.15) is 19.4 Å². The molecule has 0 aliphatic carbocycles. The third kappa shape index (κ3) is 3.68. The Labute approximate surface area is 136 Å². The number of nitrogens with one attached hydrogen (secondary N) is 1. The van der Waals surface area contributed by atoms with Gasteiger partial charge in [0.25, 0.3) is 0 Å². The van der Waals surface area contributed by atoms with Gasteiger partial charge in [-0.3, -0.25) is 0 Å². The molecule has 1 heterocycles. The summed E-state index contributed by atoms with van der Waals surface area (Å²) in [6, 6.07) is 6.14. The molecule has 1 fully saturated rings. The van der Waals surface area contributed by atoms with Crippen LogP contribution in [0.4, 0.5) is 0 Å². The summed E-state index contributed by atoms with van der Waals surface area (Å²) < 4.78 is 26.8. The van der Waals surface area contributed by atoms with Crippen LogP contribution >= 0.6 is 24.0 Å². The molecule has 116 valence electrons. The van der Waals surface area contributed by atoms with Gasteiger partial charge in [-0.05, 0) is 32.0 Å². The maximum absolute atomic E-state index is 12.7. The Morgan fingerprint density at radius 1 is 1.43 bits per heavy atom. The summed E-state index contributed by atoms with van der Waals surface area (Å²) in [6.07, 6.45) is 0. The van der Waals surface area contributed by atoms with Crippen LogP contribution < -0.4 is 5.32 Å². The Morgan fingerprint density at radius 2 is 2.10 bits per heavy atom. The van der Waals surface area contributed by atoms with E-state index in [9.17, 15) is 8.42 Å². The van der Waals surface area contributed by atoms with Gasteiger partial charge in [0.05, 0.1) is 16.7 Å². The molecule has 1 N–H and O–H groups in total. The lowest BCUT2D eigenvalue weighted by Gasteiger charge is -2.36. The zero-order valence-electron chi connectivity index (χ0n) is 11.7. The minimum absolute atomic E-state index is 0. The lowest BCUT2D eigenvalue weighted by Crippen LogP contribution is -2.56. The molecule has 8 heteroatoms. The van der Waals surface area contributed by atoms with E-state index in [4.69, 9.17) is 16.9 Å². The number of nitrogens with zero attached hydrogens (tertiary/aromatic N) is 2. The van der Waals surface area contributed by atoms with Crippen LogP contribution in [0.3, 0.4) is 0 Å². The van der Waals surface area contributed by atoms with E-state index in [-0.39, 0.29) is 34.4 Å². The zero-order chi connectivity index (χ0) is 14.9. The fourth-order valence-corrected chi connectivity index (χ4v) is 4.47. The maximum atomic E-state index is 12.7. The van der Waals surface area contributed by atoms with E-state index in [1.165, 1.54) is 22.5 Å². The quantitative estimate of drug-likeness (QED) is 0.886. The molecule has 2 atom stereocenters. The molecular weight excluding hydrogens is 333 g/mol. The average Bonchev–Trinajstić information content (AvgIpc) is 2.40. The number of benzene rings is 1. The first-order valence-corrected chi connectivity index (χ1v) is 8.13. The molecule has 0 bridgehead atoms. The highest BCUT2D eigenvalue weighted by molar-refractivity contribution is 7.89. The molecule has 1 aromatic rings. The molecule has 21 heavy (non-hydrogen) atoms. The van der Waals surface area contributed by atoms with Crippen molar-refractivity contribution in [2.24, 2.45) is 0 Å². The number of hydrogen-bond acceptors (Lipinski definition) is 4. The normalized spacial score (nSPS) is 23.1. The molecule has 0 amide bonds. The van der Waals surface area contributed by atoms with Crippen molar-refractivity contribution in [1.29, 1.82) is 5.26 Å². The lowest BCUT2D eigenvalue weighted by atomic mass is 10.2. The monoisotopic (exact) mass is 349 g/mol. The molecule has 0 spiro atoms. The van der Waals surface area contributed by atoms with Crippen molar-refractivity contribution in [3.05, 3.63) is 28.8 Å². The fourth-order valence-electron chi connectivity index (χ4n) is 2.23. The van der Waals surface area contributed by atoms with Gasteiger partial charge in [-0.15, -0.1) is 12.4 Å². The Kier molecular flexibility index (Phi) is 6.02. The van der Waals surface area contributed by atoms with Gasteiger partial charge < -0.3 is 5.32 Å². The number of rotatable bonds is 2. The van der Waals surface area contributed by atoms with E-state index in [0.29, 0.717) is 18.7 Å². The number of nitriles is 1. The zero-order valence-corrected chi connectivity index (χ0v) is 14.1. The van der Waals surface area contributed by atoms with Gasteiger partial charge in [0, 0.05) is 25.2 Å². The Bertz CT molecular complexity index is 658. The Balaban J connectivity index is 0.00000220. The second-order valence-electron chi connectivity index (χ2n) is 4.99. The summed E-state index contributed by atoms with van der Waals surface area (Å²) >= 11 is 6.02. The molecule has 1 aliphatic heterocycles. The van der Waals surface area contributed by atoms with Gasteiger partial charge in [-0.25, -0.2) is 8.42 Å². The highest BCUT2D eigenvalue weighted by Gasteiger charge is 2.34. The van der Waals surface area contributed by atoms with Gasteiger partial charge in [-0.2, -0.15) is 9.57 Å². The predicted octanol–water partition coefficient (Wildman–Crippen LogP) is 2.00. The molecule has 0 saturated carbocycles. The van der Waals surface area contributed by atoms with Crippen molar-refractivity contribution in [3.63, 3.8) is 0 Å². The maximum Gasteiger partial charge on any atom is 0.244 e. The summed E-state index contributed by atoms with van der Waals surface area (Å²) in [6.45, 7) is 4.80. The van der Waals surface area contributed by atoms with Gasteiger partial charge in [-0.1, -0.05) is 11.6 Å². The first kappa shape index (κ1) is 18.2. The highest BCUT2D eigenvalue weighted by atomic mass is 35.5. The smallest absolute Gasteiger partial charge is 0.244 e. The van der Waals surface area contributed by atoms with Crippen molar-refractivity contribution in [3.8, 4) is 6.07 Å². The third-order valence-electron chi connectivity index (χ3n) is 3.35. The van der Waals surface area contributed by atoms with Gasteiger partial charge in [0.1, 0.15) is 4.90 Å². The van der Waals surface area contributed by atoms with E-state index >= 15 is 0 Å². The Hall–Kier alpha value is -0.840. The van der Waals surface area contributed by atoms with Crippen molar-refractivity contribution >= 4 is 34.0 Å². The largest absolute Gasteiger partial charge is 0.311 e. The van der Waals surface area contributed by atoms with Crippen molar-refractivity contribution < 1.29 is 8.42 Å². The number of halogens is 2. The first-order chi connectivity index (χ1) is 9.36. The summed E-state index contributed by atoms with van der Waals surface area (Å²) in [7, 11) is -3.65. The van der Waals surface area contributed by atoms with Crippen LogP contribution in [0.25, 0.3) is 0 Å². The molecule has 0 aromatic heterocycles. The lowest BCUT2D eigenvalue weighted by molar-refractivity contribution is 0.244. The van der Waals surface area contributed by atoms with E-state index < -0.39 is 10.0 Å². The molecule has 5 nitrogen and oxygen atoms in total. The molecule has 1 saturated heterocycles. The Morgan fingerprint density at radius 3 is 2.67 bits per heavy atom. The SMILES string of the molecule is CC1CN(S(=O)(=O)c2ccc(C#N)cc2Cl)C(C)CN1.Cl. The highest BCUT2D eigenvalue weighted by Crippen LogP contribution is 2.27. The van der Waals surface area contributed by atoms with Crippen molar-refractivity contribution in [1.82, 2.24) is 9.62 Å². The summed E-state index contributed by atoms with van der Waals surface area (Å²) in [5.74, 6) is 0. The third-order valence-corrected chi connectivity index (χ3v) is 5.82. The van der Waals surface area contributed by atoms with Crippen molar-refractivity contribution in [2.75, 3.05) is 13.1 Å². The van der Waals surface area contributed by atoms with Crippen LogP contribution in [0.2, 0.25) is 5.02 Å². The van der Waals surface area contributed by atoms with Crippen LogP contribution in [0, 0.1) is 11.3 Å². The van der Waals surface area contributed by atoms with E-state index in [1.807, 2.05) is 19.9 Å². The summed E-state index contributed by atoms with van der Waals surface area (Å²) in [4.78, 5) is 0.0547. The summed E-state index contributed by atoms with van der Waals surface area (Å²) in [5.41, 5.74) is 0.343. The molecule has 0 radical (unpaired) electrons.